The molecule has 0 unspecified atom stereocenters. The molecule has 4 rings (SSSR count). The smallest absolute Gasteiger partial charge is 0.256 e. The van der Waals surface area contributed by atoms with E-state index in [4.69, 9.17) is 4.74 Å². The summed E-state index contributed by atoms with van der Waals surface area (Å²) in [6, 6.07) is 14.1. The number of rotatable bonds is 3. The number of carbonyl (C=O) groups is 1. The van der Waals surface area contributed by atoms with E-state index in [0.717, 1.165) is 51.6 Å². The Balaban J connectivity index is 1.66. The minimum atomic E-state index is 0.0858. The molecule has 1 amide bonds. The molecule has 1 aliphatic heterocycles. The number of fused-ring (bicyclic) bond motifs is 1. The van der Waals surface area contributed by atoms with Crippen molar-refractivity contribution in [2.24, 2.45) is 0 Å². The molecule has 0 radical (unpaired) electrons. The fourth-order valence-corrected chi connectivity index (χ4v) is 3.97. The molecule has 2 heterocycles. The highest BCUT2D eigenvalue weighted by Crippen LogP contribution is 2.35. The quantitative estimate of drug-likeness (QED) is 0.680. The van der Waals surface area contributed by atoms with Gasteiger partial charge in [-0.15, -0.1) is 0 Å². The monoisotopic (exact) mass is 398 g/mol. The first-order chi connectivity index (χ1) is 12.2. The molecule has 2 aromatic carbocycles. The second-order valence-corrected chi connectivity index (χ2v) is 7.24. The third kappa shape index (κ3) is 2.93. The van der Waals surface area contributed by atoms with E-state index in [1.54, 1.807) is 7.11 Å². The maximum absolute atomic E-state index is 13.2. The van der Waals surface area contributed by atoms with Crippen molar-refractivity contribution in [3.8, 4) is 5.75 Å². The third-order valence-corrected chi connectivity index (χ3v) is 5.38. The zero-order chi connectivity index (χ0) is 17.4. The number of nitrogens with zero attached hydrogens (tertiary/aromatic N) is 1. The van der Waals surface area contributed by atoms with Gasteiger partial charge in [0.1, 0.15) is 5.75 Å². The van der Waals surface area contributed by atoms with Crippen molar-refractivity contribution in [2.45, 2.75) is 18.9 Å². The molecule has 1 N–H and O–H groups in total. The molecule has 0 aliphatic carbocycles. The van der Waals surface area contributed by atoms with Crippen molar-refractivity contribution >= 4 is 32.7 Å². The van der Waals surface area contributed by atoms with E-state index in [0.29, 0.717) is 0 Å². The lowest BCUT2D eigenvalue weighted by atomic mass is 10.0. The van der Waals surface area contributed by atoms with E-state index in [9.17, 15) is 4.79 Å². The first kappa shape index (κ1) is 16.2. The molecule has 1 saturated heterocycles. The lowest BCUT2D eigenvalue weighted by Crippen LogP contribution is -2.30. The zero-order valence-corrected chi connectivity index (χ0v) is 15.5. The Kier molecular flexibility index (Phi) is 4.25. The van der Waals surface area contributed by atoms with Crippen molar-refractivity contribution in [1.29, 1.82) is 0 Å². The van der Waals surface area contributed by atoms with Crippen LogP contribution in [0.3, 0.4) is 0 Å². The molecule has 3 aromatic rings. The third-order valence-electron chi connectivity index (χ3n) is 4.89. The molecule has 5 heteroatoms. The molecular formula is C20H19BrN2O2. The number of H-pyrrole nitrogens is 1. The van der Waals surface area contributed by atoms with Gasteiger partial charge in [0.2, 0.25) is 0 Å². The highest BCUT2D eigenvalue weighted by atomic mass is 79.9. The largest absolute Gasteiger partial charge is 0.497 e. The highest BCUT2D eigenvalue weighted by molar-refractivity contribution is 9.10. The summed E-state index contributed by atoms with van der Waals surface area (Å²) < 4.78 is 6.21. The number of methoxy groups -OCH3 is 1. The van der Waals surface area contributed by atoms with Gasteiger partial charge in [0.05, 0.1) is 18.7 Å². The number of aromatic nitrogens is 1. The Labute approximate surface area is 154 Å². The van der Waals surface area contributed by atoms with Crippen LogP contribution in [-0.2, 0) is 0 Å². The minimum Gasteiger partial charge on any atom is -0.497 e. The maximum atomic E-state index is 13.2. The molecule has 1 fully saturated rings. The average molecular weight is 399 g/mol. The predicted octanol–water partition coefficient (Wildman–Crippen LogP) is 4.92. The molecule has 25 heavy (non-hydrogen) atoms. The van der Waals surface area contributed by atoms with Gasteiger partial charge in [0.15, 0.2) is 0 Å². The summed E-state index contributed by atoms with van der Waals surface area (Å²) >= 11 is 3.50. The molecule has 0 bridgehead atoms. The molecular weight excluding hydrogens is 380 g/mol. The van der Waals surface area contributed by atoms with Crippen molar-refractivity contribution in [3.05, 3.63) is 64.3 Å². The van der Waals surface area contributed by atoms with Gasteiger partial charge in [-0.05, 0) is 48.7 Å². The van der Waals surface area contributed by atoms with Crippen molar-refractivity contribution < 1.29 is 9.53 Å². The SMILES string of the molecule is COc1ccc([C@@H]2CCCN2C(=O)c2c[nH]c3ccc(Br)cc23)cc1. The summed E-state index contributed by atoms with van der Waals surface area (Å²) in [5.74, 6) is 0.920. The normalized spacial score (nSPS) is 17.2. The number of amides is 1. The summed E-state index contributed by atoms with van der Waals surface area (Å²) in [4.78, 5) is 18.4. The summed E-state index contributed by atoms with van der Waals surface area (Å²) in [6.07, 6.45) is 3.83. The summed E-state index contributed by atoms with van der Waals surface area (Å²) in [5, 5.41) is 0.958. The summed E-state index contributed by atoms with van der Waals surface area (Å²) in [6.45, 7) is 0.788. The molecule has 4 nitrogen and oxygen atoms in total. The summed E-state index contributed by atoms with van der Waals surface area (Å²) in [5.41, 5.74) is 2.87. The van der Waals surface area contributed by atoms with E-state index in [1.807, 2.05) is 41.4 Å². The summed E-state index contributed by atoms with van der Waals surface area (Å²) in [7, 11) is 1.66. The number of likely N-dealkylation sites (tertiary alicyclic amines) is 1. The molecule has 0 spiro atoms. The standard InChI is InChI=1S/C20H19BrN2O2/c1-25-15-7-4-13(5-8-15)19-3-2-10-23(19)20(24)17-12-22-18-9-6-14(21)11-16(17)18/h4-9,11-12,19,22H,2-3,10H2,1H3/t19-/m0/s1. The number of benzene rings is 2. The number of hydrogen-bond acceptors (Lipinski definition) is 2. The van der Waals surface area contributed by atoms with Gasteiger partial charge in [-0.3, -0.25) is 4.79 Å². The van der Waals surface area contributed by atoms with Gasteiger partial charge >= 0.3 is 0 Å². The van der Waals surface area contributed by atoms with E-state index >= 15 is 0 Å². The number of ether oxygens (including phenoxy) is 1. The van der Waals surface area contributed by atoms with Crippen LogP contribution in [0.1, 0.15) is 34.8 Å². The first-order valence-corrected chi connectivity index (χ1v) is 9.18. The molecule has 1 aliphatic rings. The molecule has 128 valence electrons. The van der Waals surface area contributed by atoms with Crippen LogP contribution < -0.4 is 4.74 Å². The van der Waals surface area contributed by atoms with Crippen molar-refractivity contribution in [2.75, 3.05) is 13.7 Å². The van der Waals surface area contributed by atoms with Crippen LogP contribution in [0.25, 0.3) is 10.9 Å². The molecule has 0 saturated carbocycles. The van der Waals surface area contributed by atoms with Crippen LogP contribution in [0.5, 0.6) is 5.75 Å². The van der Waals surface area contributed by atoms with Crippen LogP contribution in [0, 0.1) is 0 Å². The van der Waals surface area contributed by atoms with Gasteiger partial charge < -0.3 is 14.6 Å². The Hall–Kier alpha value is -2.27. The lowest BCUT2D eigenvalue weighted by Gasteiger charge is -2.25. The van der Waals surface area contributed by atoms with Crippen LogP contribution in [0.2, 0.25) is 0 Å². The average Bonchev–Trinajstić information content (AvgIpc) is 3.28. The number of aromatic amines is 1. The van der Waals surface area contributed by atoms with Gasteiger partial charge in [0, 0.05) is 28.1 Å². The molecule has 1 aromatic heterocycles. The maximum Gasteiger partial charge on any atom is 0.256 e. The van der Waals surface area contributed by atoms with E-state index in [-0.39, 0.29) is 11.9 Å². The van der Waals surface area contributed by atoms with E-state index in [1.165, 1.54) is 0 Å². The Morgan fingerprint density at radius 3 is 2.80 bits per heavy atom. The topological polar surface area (TPSA) is 45.3 Å². The number of carbonyl (C=O) groups excluding carboxylic acids is 1. The number of nitrogens with one attached hydrogen (secondary N) is 1. The van der Waals surface area contributed by atoms with Crippen molar-refractivity contribution in [3.63, 3.8) is 0 Å². The van der Waals surface area contributed by atoms with E-state index < -0.39 is 0 Å². The van der Waals surface area contributed by atoms with Crippen LogP contribution in [0.15, 0.2) is 53.1 Å². The van der Waals surface area contributed by atoms with Gasteiger partial charge in [-0.25, -0.2) is 0 Å². The molecule has 1 atom stereocenters. The lowest BCUT2D eigenvalue weighted by molar-refractivity contribution is 0.0737. The van der Waals surface area contributed by atoms with Gasteiger partial charge in [-0.2, -0.15) is 0 Å². The van der Waals surface area contributed by atoms with Gasteiger partial charge in [-0.1, -0.05) is 28.1 Å². The second-order valence-electron chi connectivity index (χ2n) is 6.32. The number of halogens is 1. The van der Waals surface area contributed by atoms with Crippen LogP contribution in [-0.4, -0.2) is 29.4 Å². The fourth-order valence-electron chi connectivity index (χ4n) is 3.61. The predicted molar refractivity (Wildman–Crippen MR) is 102 cm³/mol. The second kappa shape index (κ2) is 6.56. The van der Waals surface area contributed by atoms with Crippen molar-refractivity contribution in [1.82, 2.24) is 9.88 Å². The van der Waals surface area contributed by atoms with Gasteiger partial charge in [0.25, 0.3) is 5.91 Å². The Bertz CT molecular complexity index is 917. The number of hydrogen-bond donors (Lipinski definition) is 1. The Morgan fingerprint density at radius 2 is 2.04 bits per heavy atom. The van der Waals surface area contributed by atoms with Crippen LogP contribution in [0.4, 0.5) is 0 Å². The minimum absolute atomic E-state index is 0.0858. The fraction of sp³-hybridized carbons (Fsp3) is 0.250. The highest BCUT2D eigenvalue weighted by Gasteiger charge is 2.31. The Morgan fingerprint density at radius 1 is 1.24 bits per heavy atom. The van der Waals surface area contributed by atoms with Crippen LogP contribution >= 0.6 is 15.9 Å². The van der Waals surface area contributed by atoms with E-state index in [2.05, 4.69) is 33.0 Å². The zero-order valence-electron chi connectivity index (χ0n) is 14.0. The first-order valence-electron chi connectivity index (χ1n) is 8.39.